The van der Waals surface area contributed by atoms with Crippen LogP contribution >= 0.6 is 0 Å². The molecule has 2 aromatic carbocycles. The molecule has 3 aromatic rings. The fraction of sp³-hybridized carbons (Fsp3) is 0.391. The van der Waals surface area contributed by atoms with Gasteiger partial charge in [-0.25, -0.2) is 17.6 Å². The number of nitrogens with zero attached hydrogens (tertiary/aromatic N) is 2. The standard InChI is InChI=1S/C23H24F3N3O5S/c1-13(2)28-18-10-14(20(30)27-23(3)7-8-35(32,33)12-23)9-17(24)19(18)29(22(28)31)15-5-4-6-16(11-15)34-21(25)26/h4-6,9-11,13,21H,7-8,12H2,1-3H3,(H,27,30)/t23-/m1/s1. The molecule has 0 spiro atoms. The quantitative estimate of drug-likeness (QED) is 0.547. The van der Waals surface area contributed by atoms with Crippen molar-refractivity contribution in [1.29, 1.82) is 0 Å². The van der Waals surface area contributed by atoms with Crippen LogP contribution < -0.4 is 15.7 Å². The molecule has 1 aromatic heterocycles. The molecule has 0 aliphatic carbocycles. The molecule has 35 heavy (non-hydrogen) atoms. The lowest BCUT2D eigenvalue weighted by molar-refractivity contribution is -0.0498. The maximum absolute atomic E-state index is 15.5. The van der Waals surface area contributed by atoms with E-state index in [0.29, 0.717) is 0 Å². The van der Waals surface area contributed by atoms with Gasteiger partial charge < -0.3 is 10.1 Å². The van der Waals surface area contributed by atoms with Gasteiger partial charge in [0.2, 0.25) is 0 Å². The van der Waals surface area contributed by atoms with Crippen LogP contribution in [0.2, 0.25) is 0 Å². The van der Waals surface area contributed by atoms with E-state index in [0.717, 1.165) is 10.6 Å². The minimum atomic E-state index is -3.28. The number of hydrogen-bond donors (Lipinski definition) is 1. The third-order valence-electron chi connectivity index (χ3n) is 5.92. The average molecular weight is 512 g/mol. The van der Waals surface area contributed by atoms with E-state index in [9.17, 15) is 26.8 Å². The van der Waals surface area contributed by atoms with Crippen molar-refractivity contribution in [3.05, 3.63) is 58.3 Å². The Balaban J connectivity index is 1.83. The highest BCUT2D eigenvalue weighted by Gasteiger charge is 2.39. The molecule has 1 N–H and O–H groups in total. The fourth-order valence-corrected chi connectivity index (χ4v) is 6.51. The topological polar surface area (TPSA) is 99.4 Å². The van der Waals surface area contributed by atoms with E-state index in [1.165, 1.54) is 34.9 Å². The van der Waals surface area contributed by atoms with Crippen molar-refractivity contribution < 1.29 is 31.1 Å². The largest absolute Gasteiger partial charge is 0.435 e. The summed E-state index contributed by atoms with van der Waals surface area (Å²) >= 11 is 0. The number of alkyl halides is 2. The van der Waals surface area contributed by atoms with Gasteiger partial charge in [0.05, 0.1) is 28.2 Å². The molecular weight excluding hydrogens is 487 g/mol. The van der Waals surface area contributed by atoms with Crippen molar-refractivity contribution in [2.75, 3.05) is 11.5 Å². The summed E-state index contributed by atoms with van der Waals surface area (Å²) in [5.74, 6) is -2.03. The highest BCUT2D eigenvalue weighted by atomic mass is 32.2. The van der Waals surface area contributed by atoms with Crippen LogP contribution in [0.1, 0.15) is 43.6 Å². The zero-order valence-corrected chi connectivity index (χ0v) is 20.0. The van der Waals surface area contributed by atoms with Gasteiger partial charge in [-0.15, -0.1) is 0 Å². The number of ether oxygens (including phenoxy) is 1. The fourth-order valence-electron chi connectivity index (χ4n) is 4.42. The van der Waals surface area contributed by atoms with E-state index in [1.807, 2.05) is 0 Å². The Labute approximate surface area is 199 Å². The maximum Gasteiger partial charge on any atom is 0.387 e. The van der Waals surface area contributed by atoms with E-state index in [2.05, 4.69) is 10.1 Å². The van der Waals surface area contributed by atoms with Crippen molar-refractivity contribution in [3.8, 4) is 11.4 Å². The van der Waals surface area contributed by atoms with Crippen LogP contribution in [0.15, 0.2) is 41.2 Å². The first-order valence-electron chi connectivity index (χ1n) is 10.8. The Hall–Kier alpha value is -3.28. The summed E-state index contributed by atoms with van der Waals surface area (Å²) in [5, 5.41) is 2.68. The monoisotopic (exact) mass is 511 g/mol. The second-order valence-electron chi connectivity index (χ2n) is 9.14. The molecule has 0 bridgehead atoms. The molecular formula is C23H24F3N3O5S. The number of nitrogens with one attached hydrogen (secondary N) is 1. The predicted octanol–water partition coefficient (Wildman–Crippen LogP) is 3.42. The molecule has 0 saturated carbocycles. The smallest absolute Gasteiger partial charge is 0.387 e. The molecule has 12 heteroatoms. The molecule has 1 saturated heterocycles. The van der Waals surface area contributed by atoms with Crippen molar-refractivity contribution in [2.45, 2.75) is 45.4 Å². The molecule has 2 heterocycles. The molecule has 4 rings (SSSR count). The normalized spacial score (nSPS) is 19.5. The lowest BCUT2D eigenvalue weighted by Gasteiger charge is -2.24. The van der Waals surface area contributed by atoms with Crippen LogP contribution in [-0.4, -0.2) is 47.1 Å². The third kappa shape index (κ3) is 4.79. The Bertz CT molecular complexity index is 1480. The Morgan fingerprint density at radius 1 is 1.20 bits per heavy atom. The van der Waals surface area contributed by atoms with Gasteiger partial charge in [0.1, 0.15) is 17.1 Å². The number of rotatable bonds is 6. The highest BCUT2D eigenvalue weighted by Crippen LogP contribution is 2.28. The van der Waals surface area contributed by atoms with Gasteiger partial charge in [-0.1, -0.05) is 6.07 Å². The van der Waals surface area contributed by atoms with Gasteiger partial charge >= 0.3 is 12.3 Å². The second-order valence-corrected chi connectivity index (χ2v) is 11.3. The number of benzene rings is 2. The SMILES string of the molecule is CC(C)n1c(=O)n(-c2cccc(OC(F)F)c2)c2c(F)cc(C(=O)N[C@]3(C)CCS(=O)(=O)C3)cc21. The van der Waals surface area contributed by atoms with Gasteiger partial charge in [-0.05, 0) is 51.5 Å². The number of hydrogen-bond acceptors (Lipinski definition) is 5. The summed E-state index contributed by atoms with van der Waals surface area (Å²) in [5.41, 5.74) is -1.60. The molecule has 1 atom stereocenters. The van der Waals surface area contributed by atoms with E-state index in [-0.39, 0.29) is 46.0 Å². The lowest BCUT2D eigenvalue weighted by atomic mass is 10.0. The Morgan fingerprint density at radius 2 is 1.91 bits per heavy atom. The molecule has 1 amide bonds. The average Bonchev–Trinajstić information content (AvgIpc) is 3.19. The third-order valence-corrected chi connectivity index (χ3v) is 7.83. The summed E-state index contributed by atoms with van der Waals surface area (Å²) in [6, 6.07) is 7.22. The first-order valence-corrected chi connectivity index (χ1v) is 12.7. The number of aromatic nitrogens is 2. The number of amides is 1. The van der Waals surface area contributed by atoms with Gasteiger partial charge in [0.15, 0.2) is 9.84 Å². The van der Waals surface area contributed by atoms with E-state index in [1.54, 1.807) is 20.8 Å². The van der Waals surface area contributed by atoms with Crippen molar-refractivity contribution in [1.82, 2.24) is 14.5 Å². The van der Waals surface area contributed by atoms with Crippen LogP contribution in [0.3, 0.4) is 0 Å². The molecule has 1 fully saturated rings. The van der Waals surface area contributed by atoms with Gasteiger partial charge in [0.25, 0.3) is 5.91 Å². The molecule has 0 unspecified atom stereocenters. The second kappa shape index (κ2) is 8.74. The van der Waals surface area contributed by atoms with Gasteiger partial charge in [-0.3, -0.25) is 13.9 Å². The molecule has 0 radical (unpaired) electrons. The minimum absolute atomic E-state index is 0.0543. The first kappa shape index (κ1) is 24.8. The van der Waals surface area contributed by atoms with Gasteiger partial charge in [0, 0.05) is 17.7 Å². The maximum atomic E-state index is 15.5. The summed E-state index contributed by atoms with van der Waals surface area (Å²) in [4.78, 5) is 26.3. The number of halogens is 3. The predicted molar refractivity (Wildman–Crippen MR) is 124 cm³/mol. The number of sulfone groups is 1. The molecule has 8 nitrogen and oxygen atoms in total. The van der Waals surface area contributed by atoms with E-state index < -0.39 is 45.4 Å². The summed E-state index contributed by atoms with van der Waals surface area (Å²) < 4.78 is 71.3. The van der Waals surface area contributed by atoms with Crippen LogP contribution in [0, 0.1) is 5.82 Å². The minimum Gasteiger partial charge on any atom is -0.435 e. The van der Waals surface area contributed by atoms with Crippen LogP contribution in [0.25, 0.3) is 16.7 Å². The van der Waals surface area contributed by atoms with Crippen molar-refractivity contribution in [3.63, 3.8) is 0 Å². The van der Waals surface area contributed by atoms with Crippen molar-refractivity contribution >= 4 is 26.8 Å². The first-order chi connectivity index (χ1) is 16.3. The number of imidazole rings is 1. The Kier molecular flexibility index (Phi) is 6.20. The van der Waals surface area contributed by atoms with E-state index in [4.69, 9.17) is 0 Å². The number of fused-ring (bicyclic) bond motifs is 1. The Morgan fingerprint density at radius 3 is 2.51 bits per heavy atom. The summed E-state index contributed by atoms with van der Waals surface area (Å²) in [6.45, 7) is 1.94. The molecule has 188 valence electrons. The number of carbonyl (C=O) groups is 1. The van der Waals surface area contributed by atoms with Crippen LogP contribution in [0.4, 0.5) is 13.2 Å². The molecule has 1 aliphatic rings. The zero-order chi connectivity index (χ0) is 25.7. The van der Waals surface area contributed by atoms with Crippen LogP contribution in [-0.2, 0) is 9.84 Å². The zero-order valence-electron chi connectivity index (χ0n) is 19.2. The van der Waals surface area contributed by atoms with Crippen molar-refractivity contribution in [2.24, 2.45) is 0 Å². The van der Waals surface area contributed by atoms with Crippen LogP contribution in [0.5, 0.6) is 5.75 Å². The lowest BCUT2D eigenvalue weighted by Crippen LogP contribution is -2.46. The highest BCUT2D eigenvalue weighted by molar-refractivity contribution is 7.91. The summed E-state index contributed by atoms with van der Waals surface area (Å²) in [6.07, 6.45) is 0.232. The summed E-state index contributed by atoms with van der Waals surface area (Å²) in [7, 11) is -3.28. The molecule has 1 aliphatic heterocycles. The van der Waals surface area contributed by atoms with Gasteiger partial charge in [-0.2, -0.15) is 8.78 Å². The number of carbonyl (C=O) groups excluding carboxylic acids is 1. The van der Waals surface area contributed by atoms with E-state index >= 15 is 4.39 Å².